The van der Waals surface area contributed by atoms with Crippen molar-refractivity contribution in [3.8, 4) is 11.3 Å². The monoisotopic (exact) mass is 497 g/mol. The Balaban J connectivity index is 1.65. The third kappa shape index (κ3) is 5.55. The number of unbranched alkanes of at least 4 members (excludes halogenated alkanes) is 2. The number of halogens is 2. The standard InChI is InChI=1S/C20H17BrFNO4S2/c21-12-5-7-14(15(22)10-12)16-8-6-13(27-16)11-17-19(26)23(20(28)29-17)9-3-1-2-4-18(24)25/h5-8,10-11H,1-4,9H2,(H,24,25). The van der Waals surface area contributed by atoms with Crippen LogP contribution in [0.15, 0.2) is 44.1 Å². The Morgan fingerprint density at radius 3 is 2.79 bits per heavy atom. The van der Waals surface area contributed by atoms with Crippen LogP contribution in [-0.2, 0) is 9.59 Å². The number of benzene rings is 1. The number of rotatable bonds is 8. The van der Waals surface area contributed by atoms with Crippen molar-refractivity contribution >= 4 is 62.2 Å². The van der Waals surface area contributed by atoms with E-state index < -0.39 is 11.8 Å². The van der Waals surface area contributed by atoms with Gasteiger partial charge in [0.25, 0.3) is 5.91 Å². The zero-order valence-corrected chi connectivity index (χ0v) is 18.4. The maximum Gasteiger partial charge on any atom is 0.303 e. The lowest BCUT2D eigenvalue weighted by molar-refractivity contribution is -0.137. The van der Waals surface area contributed by atoms with Crippen LogP contribution in [0.2, 0.25) is 0 Å². The molecule has 1 aliphatic heterocycles. The van der Waals surface area contributed by atoms with Gasteiger partial charge in [-0.05, 0) is 43.2 Å². The molecular formula is C20H17BrFNO4S2. The van der Waals surface area contributed by atoms with Crippen LogP contribution in [0.1, 0.15) is 31.4 Å². The van der Waals surface area contributed by atoms with Crippen molar-refractivity contribution in [2.45, 2.75) is 25.7 Å². The first-order valence-electron chi connectivity index (χ1n) is 8.87. The quantitative estimate of drug-likeness (QED) is 0.286. The highest BCUT2D eigenvalue weighted by molar-refractivity contribution is 9.10. The van der Waals surface area contributed by atoms with Gasteiger partial charge < -0.3 is 9.52 Å². The van der Waals surface area contributed by atoms with Crippen molar-refractivity contribution in [2.24, 2.45) is 0 Å². The van der Waals surface area contributed by atoms with E-state index in [1.807, 2.05) is 0 Å². The first-order valence-corrected chi connectivity index (χ1v) is 10.9. The number of carboxylic acids is 1. The van der Waals surface area contributed by atoms with Crippen LogP contribution in [0.3, 0.4) is 0 Å². The van der Waals surface area contributed by atoms with Crippen molar-refractivity contribution in [1.82, 2.24) is 4.90 Å². The molecule has 2 aromatic rings. The van der Waals surface area contributed by atoms with E-state index in [4.69, 9.17) is 21.7 Å². The molecule has 3 rings (SSSR count). The molecule has 152 valence electrons. The van der Waals surface area contributed by atoms with E-state index in [0.717, 1.165) is 0 Å². The predicted molar refractivity (Wildman–Crippen MR) is 118 cm³/mol. The molecule has 0 atom stereocenters. The van der Waals surface area contributed by atoms with Crippen LogP contribution in [0.4, 0.5) is 4.39 Å². The van der Waals surface area contributed by atoms with Gasteiger partial charge >= 0.3 is 5.97 Å². The SMILES string of the molecule is O=C(O)CCCCCN1C(=O)C(=Cc2ccc(-c3ccc(Br)cc3F)o2)SC1=S. The second kappa shape index (κ2) is 9.69. The van der Waals surface area contributed by atoms with E-state index in [9.17, 15) is 14.0 Å². The predicted octanol–water partition coefficient (Wildman–Crippen LogP) is 5.69. The Kier molecular flexibility index (Phi) is 7.26. The molecule has 1 aromatic carbocycles. The fraction of sp³-hybridized carbons (Fsp3) is 0.250. The molecule has 1 N–H and O–H groups in total. The Hall–Kier alpha value is -1.97. The molecule has 1 aromatic heterocycles. The molecule has 0 radical (unpaired) electrons. The van der Waals surface area contributed by atoms with Gasteiger partial charge in [0.15, 0.2) is 0 Å². The van der Waals surface area contributed by atoms with Crippen LogP contribution >= 0.6 is 39.9 Å². The lowest BCUT2D eigenvalue weighted by Crippen LogP contribution is -2.29. The smallest absolute Gasteiger partial charge is 0.303 e. The van der Waals surface area contributed by atoms with E-state index in [-0.39, 0.29) is 12.3 Å². The molecule has 0 spiro atoms. The molecule has 5 nitrogen and oxygen atoms in total. The average molecular weight is 498 g/mol. The summed E-state index contributed by atoms with van der Waals surface area (Å²) >= 11 is 9.70. The van der Waals surface area contributed by atoms with Crippen LogP contribution in [0, 0.1) is 5.82 Å². The largest absolute Gasteiger partial charge is 0.481 e. The summed E-state index contributed by atoms with van der Waals surface area (Å²) in [4.78, 5) is 25.1. The Bertz CT molecular complexity index is 989. The van der Waals surface area contributed by atoms with E-state index in [0.29, 0.717) is 56.6 Å². The number of thiocarbonyl (C=S) groups is 1. The third-order valence-corrected chi connectivity index (χ3v) is 6.11. The van der Waals surface area contributed by atoms with Crippen molar-refractivity contribution in [3.05, 3.63) is 51.3 Å². The number of hydrogen-bond donors (Lipinski definition) is 1. The van der Waals surface area contributed by atoms with Crippen LogP contribution in [0.5, 0.6) is 0 Å². The lowest BCUT2D eigenvalue weighted by atomic mass is 10.1. The molecule has 1 amide bonds. The van der Waals surface area contributed by atoms with Gasteiger partial charge in [-0.1, -0.05) is 46.3 Å². The Morgan fingerprint density at radius 1 is 1.28 bits per heavy atom. The van der Waals surface area contributed by atoms with E-state index >= 15 is 0 Å². The molecule has 2 heterocycles. The minimum absolute atomic E-state index is 0.123. The highest BCUT2D eigenvalue weighted by atomic mass is 79.9. The third-order valence-electron chi connectivity index (χ3n) is 4.24. The summed E-state index contributed by atoms with van der Waals surface area (Å²) < 4.78 is 20.9. The summed E-state index contributed by atoms with van der Waals surface area (Å²) in [5.74, 6) is -0.626. The fourth-order valence-electron chi connectivity index (χ4n) is 2.81. The van der Waals surface area contributed by atoms with Crippen molar-refractivity contribution < 1.29 is 23.5 Å². The van der Waals surface area contributed by atoms with Gasteiger partial charge in [0, 0.05) is 23.5 Å². The molecule has 0 bridgehead atoms. The number of thioether (sulfide) groups is 1. The van der Waals surface area contributed by atoms with Crippen molar-refractivity contribution in [3.63, 3.8) is 0 Å². The van der Waals surface area contributed by atoms with E-state index in [1.54, 1.807) is 30.3 Å². The summed E-state index contributed by atoms with van der Waals surface area (Å²) in [6, 6.07) is 8.03. The molecule has 0 saturated carbocycles. The van der Waals surface area contributed by atoms with Gasteiger partial charge in [-0.15, -0.1) is 0 Å². The molecular weight excluding hydrogens is 481 g/mol. The topological polar surface area (TPSA) is 70.8 Å². The van der Waals surface area contributed by atoms with Gasteiger partial charge in [-0.2, -0.15) is 0 Å². The van der Waals surface area contributed by atoms with Gasteiger partial charge in [0.05, 0.1) is 10.5 Å². The number of aliphatic carboxylic acids is 1. The molecule has 9 heteroatoms. The van der Waals surface area contributed by atoms with Crippen molar-refractivity contribution in [2.75, 3.05) is 6.54 Å². The molecule has 0 aliphatic carbocycles. The summed E-state index contributed by atoms with van der Waals surface area (Å²) in [5.41, 5.74) is 0.335. The molecule has 1 fully saturated rings. The number of carbonyl (C=O) groups excluding carboxylic acids is 1. The van der Waals surface area contributed by atoms with Crippen molar-refractivity contribution in [1.29, 1.82) is 0 Å². The number of carboxylic acid groups (broad SMARTS) is 1. The zero-order chi connectivity index (χ0) is 21.0. The molecule has 29 heavy (non-hydrogen) atoms. The van der Waals surface area contributed by atoms with E-state index in [1.165, 1.54) is 22.7 Å². The fourth-order valence-corrected chi connectivity index (χ4v) is 4.43. The maximum absolute atomic E-state index is 14.1. The first-order chi connectivity index (χ1) is 13.8. The second-order valence-corrected chi connectivity index (χ2v) is 8.96. The average Bonchev–Trinajstić information content (AvgIpc) is 3.21. The summed E-state index contributed by atoms with van der Waals surface area (Å²) in [6.45, 7) is 0.454. The first kappa shape index (κ1) is 21.7. The summed E-state index contributed by atoms with van der Waals surface area (Å²) in [7, 11) is 0. The number of nitrogens with zero attached hydrogens (tertiary/aromatic N) is 1. The van der Waals surface area contributed by atoms with Crippen LogP contribution in [-0.4, -0.2) is 32.7 Å². The second-order valence-electron chi connectivity index (χ2n) is 6.36. The molecule has 1 saturated heterocycles. The zero-order valence-electron chi connectivity index (χ0n) is 15.2. The molecule has 0 unspecified atom stereocenters. The highest BCUT2D eigenvalue weighted by Gasteiger charge is 2.31. The number of furan rings is 1. The summed E-state index contributed by atoms with van der Waals surface area (Å²) in [6.07, 6.45) is 3.69. The Morgan fingerprint density at radius 2 is 2.07 bits per heavy atom. The minimum Gasteiger partial charge on any atom is -0.481 e. The summed E-state index contributed by atoms with van der Waals surface area (Å²) in [5, 5.41) is 8.66. The number of amides is 1. The lowest BCUT2D eigenvalue weighted by Gasteiger charge is -2.13. The minimum atomic E-state index is -0.820. The number of hydrogen-bond acceptors (Lipinski definition) is 5. The van der Waals surface area contributed by atoms with Gasteiger partial charge in [0.1, 0.15) is 21.7 Å². The van der Waals surface area contributed by atoms with Crippen LogP contribution < -0.4 is 0 Å². The molecule has 1 aliphatic rings. The normalized spacial score (nSPS) is 15.5. The maximum atomic E-state index is 14.1. The highest BCUT2D eigenvalue weighted by Crippen LogP contribution is 2.34. The van der Waals surface area contributed by atoms with Crippen LogP contribution in [0.25, 0.3) is 17.4 Å². The van der Waals surface area contributed by atoms with Gasteiger partial charge in [-0.25, -0.2) is 4.39 Å². The van der Waals surface area contributed by atoms with Gasteiger partial charge in [-0.3, -0.25) is 14.5 Å². The Labute approximate surface area is 185 Å². The van der Waals surface area contributed by atoms with Gasteiger partial charge in [0.2, 0.25) is 0 Å². The number of carbonyl (C=O) groups is 2. The van der Waals surface area contributed by atoms with E-state index in [2.05, 4.69) is 15.9 Å².